The molecule has 0 spiro atoms. The SMILES string of the molecule is CCCNC(=O)c1cc(-c2ccc(C)cc2)oc1C. The second-order valence-corrected chi connectivity index (χ2v) is 4.70. The van der Waals surface area contributed by atoms with Crippen molar-refractivity contribution in [3.05, 3.63) is 47.2 Å². The summed E-state index contributed by atoms with van der Waals surface area (Å²) < 4.78 is 5.68. The minimum atomic E-state index is -0.0681. The lowest BCUT2D eigenvalue weighted by molar-refractivity contribution is 0.0952. The maximum absolute atomic E-state index is 12.0. The number of nitrogens with one attached hydrogen (secondary N) is 1. The van der Waals surface area contributed by atoms with Gasteiger partial charge < -0.3 is 9.73 Å². The van der Waals surface area contributed by atoms with Crippen LogP contribution in [0.3, 0.4) is 0 Å². The van der Waals surface area contributed by atoms with Gasteiger partial charge in [0.1, 0.15) is 11.5 Å². The number of aryl methyl sites for hydroxylation is 2. The first-order valence-electron chi connectivity index (χ1n) is 6.57. The molecule has 0 saturated carbocycles. The van der Waals surface area contributed by atoms with E-state index in [4.69, 9.17) is 4.42 Å². The predicted molar refractivity (Wildman–Crippen MR) is 76.2 cm³/mol. The van der Waals surface area contributed by atoms with Crippen molar-refractivity contribution in [3.8, 4) is 11.3 Å². The Hall–Kier alpha value is -2.03. The van der Waals surface area contributed by atoms with E-state index in [1.165, 1.54) is 5.56 Å². The second-order valence-electron chi connectivity index (χ2n) is 4.70. The summed E-state index contributed by atoms with van der Waals surface area (Å²) in [5, 5.41) is 2.86. The molecule has 1 amide bonds. The Morgan fingerprint density at radius 1 is 1.21 bits per heavy atom. The van der Waals surface area contributed by atoms with Crippen LogP contribution < -0.4 is 5.32 Å². The number of carbonyl (C=O) groups excluding carboxylic acids is 1. The van der Waals surface area contributed by atoms with E-state index in [1.807, 2.05) is 51.1 Å². The van der Waals surface area contributed by atoms with E-state index >= 15 is 0 Å². The fourth-order valence-corrected chi connectivity index (χ4v) is 1.90. The van der Waals surface area contributed by atoms with Gasteiger partial charge in [-0.3, -0.25) is 4.79 Å². The van der Waals surface area contributed by atoms with Crippen LogP contribution in [0.2, 0.25) is 0 Å². The van der Waals surface area contributed by atoms with Crippen molar-refractivity contribution in [2.24, 2.45) is 0 Å². The zero-order valence-electron chi connectivity index (χ0n) is 11.6. The summed E-state index contributed by atoms with van der Waals surface area (Å²) in [6.07, 6.45) is 0.924. The van der Waals surface area contributed by atoms with Crippen LogP contribution in [0.4, 0.5) is 0 Å². The van der Waals surface area contributed by atoms with Gasteiger partial charge in [-0.05, 0) is 26.3 Å². The van der Waals surface area contributed by atoms with Crippen molar-refractivity contribution in [1.82, 2.24) is 5.32 Å². The highest BCUT2D eigenvalue weighted by molar-refractivity contribution is 5.96. The van der Waals surface area contributed by atoms with Crippen LogP contribution >= 0.6 is 0 Å². The van der Waals surface area contributed by atoms with E-state index in [9.17, 15) is 4.79 Å². The summed E-state index contributed by atoms with van der Waals surface area (Å²) in [5.74, 6) is 1.32. The van der Waals surface area contributed by atoms with Crippen LogP contribution in [0, 0.1) is 13.8 Å². The number of furan rings is 1. The Morgan fingerprint density at radius 2 is 1.89 bits per heavy atom. The highest BCUT2D eigenvalue weighted by atomic mass is 16.3. The smallest absolute Gasteiger partial charge is 0.254 e. The Kier molecular flexibility index (Phi) is 4.05. The first kappa shape index (κ1) is 13.4. The molecule has 1 aromatic carbocycles. The molecule has 0 fully saturated rings. The van der Waals surface area contributed by atoms with Crippen LogP contribution in [0.1, 0.15) is 35.0 Å². The number of rotatable bonds is 4. The molecule has 3 nitrogen and oxygen atoms in total. The lowest BCUT2D eigenvalue weighted by Gasteiger charge is -2.00. The third-order valence-electron chi connectivity index (χ3n) is 3.03. The van der Waals surface area contributed by atoms with Gasteiger partial charge in [0.05, 0.1) is 5.56 Å². The summed E-state index contributed by atoms with van der Waals surface area (Å²) in [4.78, 5) is 12.0. The molecule has 0 atom stereocenters. The number of hydrogen-bond donors (Lipinski definition) is 1. The van der Waals surface area contributed by atoms with Gasteiger partial charge in [-0.15, -0.1) is 0 Å². The first-order valence-corrected chi connectivity index (χ1v) is 6.57. The molecule has 100 valence electrons. The Labute approximate surface area is 113 Å². The first-order chi connectivity index (χ1) is 9.11. The third-order valence-corrected chi connectivity index (χ3v) is 3.03. The van der Waals surface area contributed by atoms with Crippen LogP contribution in [-0.2, 0) is 0 Å². The fraction of sp³-hybridized carbons (Fsp3) is 0.312. The van der Waals surface area contributed by atoms with E-state index in [0.717, 1.165) is 17.7 Å². The van der Waals surface area contributed by atoms with Gasteiger partial charge in [0.25, 0.3) is 5.91 Å². The van der Waals surface area contributed by atoms with Crippen molar-refractivity contribution < 1.29 is 9.21 Å². The summed E-state index contributed by atoms with van der Waals surface area (Å²) in [5.41, 5.74) is 2.81. The standard InChI is InChI=1S/C16H19NO2/c1-4-9-17-16(18)14-10-15(19-12(14)3)13-7-5-11(2)6-8-13/h5-8,10H,4,9H2,1-3H3,(H,17,18). The molecule has 3 heteroatoms. The lowest BCUT2D eigenvalue weighted by Crippen LogP contribution is -2.24. The molecule has 2 aromatic rings. The van der Waals surface area contributed by atoms with Crippen molar-refractivity contribution in [1.29, 1.82) is 0 Å². The van der Waals surface area contributed by atoms with Crippen LogP contribution in [-0.4, -0.2) is 12.5 Å². The number of carbonyl (C=O) groups is 1. The van der Waals surface area contributed by atoms with Crippen molar-refractivity contribution in [3.63, 3.8) is 0 Å². The molecular weight excluding hydrogens is 238 g/mol. The van der Waals surface area contributed by atoms with Gasteiger partial charge in [0.15, 0.2) is 0 Å². The Morgan fingerprint density at radius 3 is 2.53 bits per heavy atom. The molecule has 1 N–H and O–H groups in total. The van der Waals surface area contributed by atoms with E-state index < -0.39 is 0 Å². The molecule has 0 saturated heterocycles. The number of benzene rings is 1. The molecular formula is C16H19NO2. The second kappa shape index (κ2) is 5.74. The summed E-state index contributed by atoms with van der Waals surface area (Å²) >= 11 is 0. The van der Waals surface area contributed by atoms with E-state index in [1.54, 1.807) is 0 Å². The molecule has 0 radical (unpaired) electrons. The maximum Gasteiger partial charge on any atom is 0.254 e. The monoisotopic (exact) mass is 257 g/mol. The van der Waals surface area contributed by atoms with Gasteiger partial charge >= 0.3 is 0 Å². The van der Waals surface area contributed by atoms with Gasteiger partial charge in [-0.1, -0.05) is 36.8 Å². The van der Waals surface area contributed by atoms with Gasteiger partial charge in [0, 0.05) is 12.1 Å². The Balaban J connectivity index is 2.25. The highest BCUT2D eigenvalue weighted by Gasteiger charge is 2.15. The lowest BCUT2D eigenvalue weighted by atomic mass is 10.1. The van der Waals surface area contributed by atoms with E-state index in [2.05, 4.69) is 5.32 Å². The van der Waals surface area contributed by atoms with Gasteiger partial charge in [-0.25, -0.2) is 0 Å². The van der Waals surface area contributed by atoms with Gasteiger partial charge in [0.2, 0.25) is 0 Å². The zero-order valence-corrected chi connectivity index (χ0v) is 11.6. The summed E-state index contributed by atoms with van der Waals surface area (Å²) in [7, 11) is 0. The molecule has 0 bridgehead atoms. The average molecular weight is 257 g/mol. The Bertz CT molecular complexity index is 567. The maximum atomic E-state index is 12.0. The van der Waals surface area contributed by atoms with Crippen molar-refractivity contribution >= 4 is 5.91 Å². The molecule has 1 heterocycles. The van der Waals surface area contributed by atoms with Crippen molar-refractivity contribution in [2.45, 2.75) is 27.2 Å². The summed E-state index contributed by atoms with van der Waals surface area (Å²) in [6.45, 7) is 6.57. The third kappa shape index (κ3) is 3.05. The number of hydrogen-bond acceptors (Lipinski definition) is 2. The number of amides is 1. The van der Waals surface area contributed by atoms with Gasteiger partial charge in [-0.2, -0.15) is 0 Å². The van der Waals surface area contributed by atoms with Crippen LogP contribution in [0.25, 0.3) is 11.3 Å². The quantitative estimate of drug-likeness (QED) is 0.907. The van der Waals surface area contributed by atoms with Crippen LogP contribution in [0.5, 0.6) is 0 Å². The topological polar surface area (TPSA) is 42.2 Å². The molecule has 0 aliphatic rings. The minimum Gasteiger partial charge on any atom is -0.461 e. The minimum absolute atomic E-state index is 0.0681. The summed E-state index contributed by atoms with van der Waals surface area (Å²) in [6, 6.07) is 9.88. The normalized spacial score (nSPS) is 10.5. The molecule has 19 heavy (non-hydrogen) atoms. The fourth-order valence-electron chi connectivity index (χ4n) is 1.90. The predicted octanol–water partition coefficient (Wildman–Crippen LogP) is 3.70. The van der Waals surface area contributed by atoms with Crippen molar-refractivity contribution in [2.75, 3.05) is 6.54 Å². The average Bonchev–Trinajstić information content (AvgIpc) is 2.79. The van der Waals surface area contributed by atoms with Crippen LogP contribution in [0.15, 0.2) is 34.7 Å². The zero-order chi connectivity index (χ0) is 13.8. The van der Waals surface area contributed by atoms with E-state index in [-0.39, 0.29) is 5.91 Å². The molecule has 0 aliphatic carbocycles. The molecule has 0 unspecified atom stereocenters. The molecule has 2 rings (SSSR count). The molecule has 0 aliphatic heterocycles. The largest absolute Gasteiger partial charge is 0.461 e. The van der Waals surface area contributed by atoms with E-state index in [0.29, 0.717) is 17.9 Å². The highest BCUT2D eigenvalue weighted by Crippen LogP contribution is 2.25. The molecule has 1 aromatic heterocycles.